The molecule has 4 rings (SSSR count). The van der Waals surface area contributed by atoms with Gasteiger partial charge in [0.15, 0.2) is 11.2 Å². The minimum absolute atomic E-state index is 0.304. The second-order valence-corrected chi connectivity index (χ2v) is 7.16. The maximum atomic E-state index is 13.3. The molecule has 7 nitrogen and oxygen atoms in total. The summed E-state index contributed by atoms with van der Waals surface area (Å²) in [6.45, 7) is 2.88. The largest absolute Gasteiger partial charge is 0.497 e. The molecule has 0 atom stereocenters. The van der Waals surface area contributed by atoms with Crippen LogP contribution in [0.2, 0.25) is 0 Å². The molecule has 0 bridgehead atoms. The number of unbranched alkanes of at least 4 members (excludes halogenated alkanes) is 1. The smallest absolute Gasteiger partial charge is 0.337 e. The molecule has 4 aromatic rings. The monoisotopic (exact) mass is 404 g/mol. The van der Waals surface area contributed by atoms with Crippen molar-refractivity contribution < 1.29 is 4.74 Å². The lowest BCUT2D eigenvalue weighted by atomic mass is 10.2. The van der Waals surface area contributed by atoms with Crippen LogP contribution in [0.25, 0.3) is 16.9 Å². The number of imidazole rings is 1. The van der Waals surface area contributed by atoms with Gasteiger partial charge in [-0.05, 0) is 36.2 Å². The number of hydrogen-bond donors (Lipinski definition) is 0. The lowest BCUT2D eigenvalue weighted by molar-refractivity contribution is 0.414. The molecular weight excluding hydrogens is 380 g/mol. The maximum Gasteiger partial charge on any atom is 0.337 e. The van der Waals surface area contributed by atoms with Gasteiger partial charge in [-0.2, -0.15) is 0 Å². The number of rotatable bonds is 7. The fraction of sp³-hybridized carbons (Fsp3) is 0.261. The van der Waals surface area contributed by atoms with Crippen LogP contribution in [-0.2, 0) is 13.1 Å². The molecule has 0 aliphatic heterocycles. The number of fused-ring (bicyclic) bond motifs is 1. The molecule has 0 saturated carbocycles. The topological polar surface area (TPSA) is 71.0 Å². The zero-order chi connectivity index (χ0) is 21.1. The van der Waals surface area contributed by atoms with Crippen molar-refractivity contribution >= 4 is 11.2 Å². The number of benzene rings is 2. The summed E-state index contributed by atoms with van der Waals surface area (Å²) in [5, 5.41) is 0. The van der Waals surface area contributed by atoms with Gasteiger partial charge in [0.1, 0.15) is 5.75 Å². The van der Waals surface area contributed by atoms with Gasteiger partial charge >= 0.3 is 5.69 Å². The Morgan fingerprint density at radius 1 is 1.00 bits per heavy atom. The predicted molar refractivity (Wildman–Crippen MR) is 117 cm³/mol. The third kappa shape index (κ3) is 3.54. The quantitative estimate of drug-likeness (QED) is 0.474. The van der Waals surface area contributed by atoms with E-state index in [1.807, 2.05) is 61.5 Å². The van der Waals surface area contributed by atoms with E-state index >= 15 is 0 Å². The highest BCUT2D eigenvalue weighted by atomic mass is 16.5. The molecule has 7 heteroatoms. The van der Waals surface area contributed by atoms with E-state index < -0.39 is 0 Å². The van der Waals surface area contributed by atoms with E-state index in [4.69, 9.17) is 4.74 Å². The zero-order valence-corrected chi connectivity index (χ0v) is 17.1. The van der Waals surface area contributed by atoms with Crippen molar-refractivity contribution in [3.05, 3.63) is 87.3 Å². The van der Waals surface area contributed by atoms with Crippen LogP contribution in [0.3, 0.4) is 0 Å². The molecule has 0 aliphatic carbocycles. The predicted octanol–water partition coefficient (Wildman–Crippen LogP) is 3.21. The first-order valence-electron chi connectivity index (χ1n) is 10.0. The lowest BCUT2D eigenvalue weighted by Gasteiger charge is -2.12. The number of para-hydroxylation sites is 1. The van der Waals surface area contributed by atoms with E-state index in [1.54, 1.807) is 18.0 Å². The summed E-state index contributed by atoms with van der Waals surface area (Å²) in [5.41, 5.74) is 1.82. The van der Waals surface area contributed by atoms with Crippen LogP contribution >= 0.6 is 0 Å². The minimum atomic E-state index is -0.359. The first-order valence-corrected chi connectivity index (χ1v) is 10.0. The van der Waals surface area contributed by atoms with Crippen LogP contribution in [-0.4, -0.2) is 25.8 Å². The number of ether oxygens (including phenoxy) is 1. The summed E-state index contributed by atoms with van der Waals surface area (Å²) < 4.78 is 9.87. The summed E-state index contributed by atoms with van der Waals surface area (Å²) in [5.74, 6) is 0.772. The number of aromatic nitrogens is 4. The third-order valence-electron chi connectivity index (χ3n) is 5.16. The van der Waals surface area contributed by atoms with Crippen molar-refractivity contribution in [1.82, 2.24) is 18.7 Å². The van der Waals surface area contributed by atoms with Gasteiger partial charge < -0.3 is 9.30 Å². The van der Waals surface area contributed by atoms with Crippen LogP contribution in [0, 0.1) is 0 Å². The van der Waals surface area contributed by atoms with E-state index in [-0.39, 0.29) is 11.2 Å². The molecule has 0 N–H and O–H groups in total. The Labute approximate surface area is 173 Å². The third-order valence-corrected chi connectivity index (χ3v) is 5.16. The minimum Gasteiger partial charge on any atom is -0.497 e. The number of hydrogen-bond acceptors (Lipinski definition) is 4. The van der Waals surface area contributed by atoms with Gasteiger partial charge in [-0.1, -0.05) is 43.7 Å². The fourth-order valence-corrected chi connectivity index (χ4v) is 3.55. The van der Waals surface area contributed by atoms with Gasteiger partial charge in [0, 0.05) is 13.1 Å². The van der Waals surface area contributed by atoms with Gasteiger partial charge in [0.25, 0.3) is 5.56 Å². The second-order valence-electron chi connectivity index (χ2n) is 7.16. The van der Waals surface area contributed by atoms with Gasteiger partial charge in [-0.15, -0.1) is 0 Å². The summed E-state index contributed by atoms with van der Waals surface area (Å²) in [6.07, 6.45) is 3.27. The second kappa shape index (κ2) is 8.41. The van der Waals surface area contributed by atoms with Crippen LogP contribution in [0.15, 0.2) is 70.5 Å². The summed E-state index contributed by atoms with van der Waals surface area (Å²) >= 11 is 0. The molecule has 0 spiro atoms. The molecule has 2 aromatic heterocycles. The number of methoxy groups -OCH3 is 1. The van der Waals surface area contributed by atoms with Crippen molar-refractivity contribution in [2.24, 2.45) is 0 Å². The highest BCUT2D eigenvalue weighted by Crippen LogP contribution is 2.16. The van der Waals surface area contributed by atoms with E-state index in [0.29, 0.717) is 29.9 Å². The van der Waals surface area contributed by atoms with Crippen molar-refractivity contribution in [2.45, 2.75) is 32.9 Å². The highest BCUT2D eigenvalue weighted by molar-refractivity contribution is 5.72. The Morgan fingerprint density at radius 3 is 2.40 bits per heavy atom. The van der Waals surface area contributed by atoms with Gasteiger partial charge in [0.2, 0.25) is 0 Å². The van der Waals surface area contributed by atoms with Crippen molar-refractivity contribution in [3.63, 3.8) is 0 Å². The first kappa shape index (κ1) is 19.7. The van der Waals surface area contributed by atoms with E-state index in [0.717, 1.165) is 24.2 Å². The van der Waals surface area contributed by atoms with Gasteiger partial charge in [0.05, 0.1) is 19.1 Å². The average Bonchev–Trinajstić information content (AvgIpc) is 3.18. The zero-order valence-electron chi connectivity index (χ0n) is 17.1. The van der Waals surface area contributed by atoms with Gasteiger partial charge in [-0.25, -0.2) is 14.3 Å². The molecule has 0 aliphatic rings. The van der Waals surface area contributed by atoms with Gasteiger partial charge in [-0.3, -0.25) is 9.36 Å². The Morgan fingerprint density at radius 2 is 1.73 bits per heavy atom. The summed E-state index contributed by atoms with van der Waals surface area (Å²) in [7, 11) is 1.62. The van der Waals surface area contributed by atoms with Crippen LogP contribution in [0.1, 0.15) is 25.3 Å². The lowest BCUT2D eigenvalue weighted by Crippen LogP contribution is -2.40. The van der Waals surface area contributed by atoms with E-state index in [2.05, 4.69) is 4.98 Å². The van der Waals surface area contributed by atoms with Crippen LogP contribution in [0.5, 0.6) is 5.75 Å². The Balaban J connectivity index is 1.91. The Bertz CT molecular complexity index is 1270. The standard InChI is InChI=1S/C23H24N4O3/c1-3-4-14-26-22(28)20-21(27(23(26)29)18-8-6-5-7-9-18)24-16-25(20)15-17-10-12-19(30-2)13-11-17/h5-13,16H,3-4,14-15H2,1-2H3. The van der Waals surface area contributed by atoms with Crippen molar-refractivity contribution in [2.75, 3.05) is 7.11 Å². The Hall–Kier alpha value is -3.61. The summed E-state index contributed by atoms with van der Waals surface area (Å²) in [6, 6.07) is 17.0. The molecule has 154 valence electrons. The normalized spacial score (nSPS) is 11.1. The SMILES string of the molecule is CCCCn1c(=O)c2c(ncn2Cc2ccc(OC)cc2)n(-c2ccccc2)c1=O. The van der Waals surface area contributed by atoms with E-state index in [1.165, 1.54) is 9.13 Å². The molecule has 30 heavy (non-hydrogen) atoms. The van der Waals surface area contributed by atoms with Crippen molar-refractivity contribution in [1.29, 1.82) is 0 Å². The highest BCUT2D eigenvalue weighted by Gasteiger charge is 2.19. The number of nitrogens with zero attached hydrogens (tertiary/aromatic N) is 4. The van der Waals surface area contributed by atoms with E-state index in [9.17, 15) is 9.59 Å². The van der Waals surface area contributed by atoms with Crippen LogP contribution < -0.4 is 16.0 Å². The first-order chi connectivity index (χ1) is 14.6. The average molecular weight is 404 g/mol. The molecule has 0 unspecified atom stereocenters. The molecule has 0 saturated heterocycles. The van der Waals surface area contributed by atoms with Crippen molar-refractivity contribution in [3.8, 4) is 11.4 Å². The molecule has 0 radical (unpaired) electrons. The summed E-state index contributed by atoms with van der Waals surface area (Å²) in [4.78, 5) is 30.9. The fourth-order valence-electron chi connectivity index (χ4n) is 3.55. The molecule has 2 heterocycles. The molecule has 0 amide bonds. The molecular formula is C23H24N4O3. The molecule has 0 fully saturated rings. The molecule has 2 aromatic carbocycles. The van der Waals surface area contributed by atoms with Crippen LogP contribution in [0.4, 0.5) is 0 Å². The maximum absolute atomic E-state index is 13.3. The Kier molecular flexibility index (Phi) is 5.52.